The quantitative estimate of drug-likeness (QED) is 0.835. The van der Waals surface area contributed by atoms with Crippen molar-refractivity contribution in [1.82, 2.24) is 4.90 Å². The minimum absolute atomic E-state index is 0.201. The van der Waals surface area contributed by atoms with Crippen molar-refractivity contribution in [2.45, 2.75) is 58.4 Å². The molecule has 0 spiro atoms. The predicted octanol–water partition coefficient (Wildman–Crippen LogP) is 2.40. The van der Waals surface area contributed by atoms with Crippen LogP contribution in [-0.2, 0) is 4.79 Å². The molecule has 0 radical (unpaired) electrons. The van der Waals surface area contributed by atoms with Gasteiger partial charge < -0.3 is 10.6 Å². The summed E-state index contributed by atoms with van der Waals surface area (Å²) in [5.74, 6) is 1.88. The van der Waals surface area contributed by atoms with Gasteiger partial charge in [0.25, 0.3) is 0 Å². The van der Waals surface area contributed by atoms with Gasteiger partial charge in [-0.2, -0.15) is 0 Å². The van der Waals surface area contributed by atoms with E-state index < -0.39 is 0 Å². The van der Waals surface area contributed by atoms with Crippen LogP contribution in [0.25, 0.3) is 0 Å². The molecule has 2 N–H and O–H groups in total. The molecule has 1 heterocycles. The van der Waals surface area contributed by atoms with Gasteiger partial charge in [-0.05, 0) is 38.1 Å². The molecule has 3 atom stereocenters. The molecule has 2 fully saturated rings. The summed E-state index contributed by atoms with van der Waals surface area (Å²) in [5.41, 5.74) is 5.73. The van der Waals surface area contributed by atoms with E-state index >= 15 is 0 Å². The lowest BCUT2D eigenvalue weighted by molar-refractivity contribution is -0.136. The Kier molecular flexibility index (Phi) is 4.66. The van der Waals surface area contributed by atoms with E-state index in [2.05, 4.69) is 18.7 Å². The first-order chi connectivity index (χ1) is 8.61. The van der Waals surface area contributed by atoms with Gasteiger partial charge in [0.15, 0.2) is 0 Å². The number of amides is 1. The summed E-state index contributed by atoms with van der Waals surface area (Å²) in [6, 6.07) is 0.386. The molecule has 0 bridgehead atoms. The average Bonchev–Trinajstić information content (AvgIpc) is 2.97. The number of nitrogens with two attached hydrogens (primary N) is 1. The first kappa shape index (κ1) is 13.9. The summed E-state index contributed by atoms with van der Waals surface area (Å²) < 4.78 is 0. The van der Waals surface area contributed by atoms with Crippen molar-refractivity contribution < 1.29 is 4.79 Å². The lowest BCUT2D eigenvalue weighted by Gasteiger charge is -2.26. The van der Waals surface area contributed by atoms with Crippen LogP contribution in [-0.4, -0.2) is 29.9 Å². The molecule has 0 aromatic carbocycles. The van der Waals surface area contributed by atoms with Crippen LogP contribution in [0, 0.1) is 17.8 Å². The molecule has 1 amide bonds. The Hall–Kier alpha value is -0.570. The van der Waals surface area contributed by atoms with Crippen molar-refractivity contribution in [3.05, 3.63) is 0 Å². The highest BCUT2D eigenvalue weighted by Gasteiger charge is 2.34. The van der Waals surface area contributed by atoms with Gasteiger partial charge in [0.05, 0.1) is 0 Å². The maximum atomic E-state index is 12.5. The monoisotopic (exact) mass is 252 g/mol. The summed E-state index contributed by atoms with van der Waals surface area (Å²) in [6.07, 6.45) is 7.56. The lowest BCUT2D eigenvalue weighted by Crippen LogP contribution is -2.38. The summed E-state index contributed by atoms with van der Waals surface area (Å²) >= 11 is 0. The molecule has 1 aliphatic heterocycles. The number of carbonyl (C=O) groups excluding carboxylic acids is 1. The van der Waals surface area contributed by atoms with Crippen molar-refractivity contribution in [2.24, 2.45) is 23.5 Å². The van der Waals surface area contributed by atoms with Crippen molar-refractivity contribution in [2.75, 3.05) is 13.1 Å². The lowest BCUT2D eigenvalue weighted by atomic mass is 9.93. The second kappa shape index (κ2) is 6.05. The van der Waals surface area contributed by atoms with Crippen LogP contribution < -0.4 is 5.73 Å². The molecular formula is C15H28N2O. The highest BCUT2D eigenvalue weighted by atomic mass is 16.2. The fraction of sp³-hybridized carbons (Fsp3) is 0.933. The van der Waals surface area contributed by atoms with E-state index in [0.717, 1.165) is 25.3 Å². The summed E-state index contributed by atoms with van der Waals surface area (Å²) in [7, 11) is 0. The minimum atomic E-state index is 0.201. The van der Waals surface area contributed by atoms with Gasteiger partial charge in [-0.1, -0.05) is 32.6 Å². The van der Waals surface area contributed by atoms with E-state index in [-0.39, 0.29) is 5.92 Å². The van der Waals surface area contributed by atoms with Gasteiger partial charge in [-0.25, -0.2) is 0 Å². The van der Waals surface area contributed by atoms with Crippen molar-refractivity contribution in [3.8, 4) is 0 Å². The van der Waals surface area contributed by atoms with Crippen molar-refractivity contribution in [3.63, 3.8) is 0 Å². The van der Waals surface area contributed by atoms with Crippen LogP contribution in [0.3, 0.4) is 0 Å². The SMILES string of the molecule is CC(CC1CCCC1)C(=O)N1CC(CN)CC1C. The largest absolute Gasteiger partial charge is 0.339 e. The molecule has 1 saturated carbocycles. The number of hydrogen-bond acceptors (Lipinski definition) is 2. The van der Waals surface area contributed by atoms with Crippen LogP contribution in [0.5, 0.6) is 0 Å². The molecule has 3 heteroatoms. The van der Waals surface area contributed by atoms with Gasteiger partial charge in [-0.3, -0.25) is 4.79 Å². The molecule has 2 aliphatic rings. The maximum Gasteiger partial charge on any atom is 0.225 e. The molecular weight excluding hydrogens is 224 g/mol. The fourth-order valence-electron chi connectivity index (χ4n) is 3.75. The molecule has 3 nitrogen and oxygen atoms in total. The van der Waals surface area contributed by atoms with Gasteiger partial charge >= 0.3 is 0 Å². The zero-order chi connectivity index (χ0) is 13.1. The molecule has 1 saturated heterocycles. The Morgan fingerprint density at radius 2 is 2.00 bits per heavy atom. The standard InChI is InChI=1S/C15H28N2O/c1-11(7-13-5-3-4-6-13)15(18)17-10-14(9-16)8-12(17)2/h11-14H,3-10,16H2,1-2H3. The zero-order valence-electron chi connectivity index (χ0n) is 11.9. The van der Waals surface area contributed by atoms with Gasteiger partial charge in [0, 0.05) is 18.5 Å². The van der Waals surface area contributed by atoms with E-state index in [1.807, 2.05) is 0 Å². The smallest absolute Gasteiger partial charge is 0.225 e. The van der Waals surface area contributed by atoms with Gasteiger partial charge in [0.2, 0.25) is 5.91 Å². The second-order valence-corrected chi connectivity index (χ2v) is 6.46. The Morgan fingerprint density at radius 3 is 2.56 bits per heavy atom. The van der Waals surface area contributed by atoms with E-state index in [4.69, 9.17) is 5.73 Å². The Morgan fingerprint density at radius 1 is 1.33 bits per heavy atom. The Bertz CT molecular complexity index is 286. The molecule has 18 heavy (non-hydrogen) atoms. The molecule has 104 valence electrons. The fourth-order valence-corrected chi connectivity index (χ4v) is 3.75. The van der Waals surface area contributed by atoms with Crippen molar-refractivity contribution >= 4 is 5.91 Å². The number of carbonyl (C=O) groups is 1. The molecule has 2 rings (SSSR count). The van der Waals surface area contributed by atoms with Crippen LogP contribution in [0.2, 0.25) is 0 Å². The molecule has 0 aromatic rings. The average molecular weight is 252 g/mol. The molecule has 1 aliphatic carbocycles. The first-order valence-corrected chi connectivity index (χ1v) is 7.62. The van der Waals surface area contributed by atoms with Gasteiger partial charge in [0.1, 0.15) is 0 Å². The summed E-state index contributed by atoms with van der Waals surface area (Å²) in [6.45, 7) is 5.87. The third-order valence-corrected chi connectivity index (χ3v) is 4.86. The predicted molar refractivity (Wildman–Crippen MR) is 74.1 cm³/mol. The first-order valence-electron chi connectivity index (χ1n) is 7.62. The summed E-state index contributed by atoms with van der Waals surface area (Å²) in [4.78, 5) is 14.6. The van der Waals surface area contributed by atoms with E-state index in [1.165, 1.54) is 25.7 Å². The normalized spacial score (nSPS) is 30.9. The molecule has 0 aromatic heterocycles. The van der Waals surface area contributed by atoms with E-state index in [9.17, 15) is 4.79 Å². The van der Waals surface area contributed by atoms with E-state index in [0.29, 0.717) is 24.4 Å². The number of rotatable bonds is 4. The summed E-state index contributed by atoms with van der Waals surface area (Å²) in [5, 5.41) is 0. The number of likely N-dealkylation sites (tertiary alicyclic amines) is 1. The third kappa shape index (κ3) is 3.05. The second-order valence-electron chi connectivity index (χ2n) is 6.46. The minimum Gasteiger partial charge on any atom is -0.339 e. The molecule has 3 unspecified atom stereocenters. The Balaban J connectivity index is 1.85. The van der Waals surface area contributed by atoms with Crippen LogP contribution >= 0.6 is 0 Å². The van der Waals surface area contributed by atoms with Crippen LogP contribution in [0.4, 0.5) is 0 Å². The number of hydrogen-bond donors (Lipinski definition) is 1. The van der Waals surface area contributed by atoms with E-state index in [1.54, 1.807) is 0 Å². The van der Waals surface area contributed by atoms with Crippen molar-refractivity contribution in [1.29, 1.82) is 0 Å². The third-order valence-electron chi connectivity index (χ3n) is 4.86. The van der Waals surface area contributed by atoms with Gasteiger partial charge in [-0.15, -0.1) is 0 Å². The van der Waals surface area contributed by atoms with Crippen LogP contribution in [0.15, 0.2) is 0 Å². The topological polar surface area (TPSA) is 46.3 Å². The van der Waals surface area contributed by atoms with Crippen LogP contribution in [0.1, 0.15) is 52.4 Å². The maximum absolute atomic E-state index is 12.5. The Labute approximate surface area is 111 Å². The highest BCUT2D eigenvalue weighted by molar-refractivity contribution is 5.79. The number of nitrogens with zero attached hydrogens (tertiary/aromatic N) is 1. The highest BCUT2D eigenvalue weighted by Crippen LogP contribution is 2.32. The zero-order valence-corrected chi connectivity index (χ0v) is 11.9.